The monoisotopic (exact) mass is 615 g/mol. The second-order valence-corrected chi connectivity index (χ2v) is 12.7. The van der Waals surface area contributed by atoms with Crippen LogP contribution in [-0.2, 0) is 13.6 Å². The molecule has 8 nitrogen and oxygen atoms in total. The number of benzene rings is 2. The topological polar surface area (TPSA) is 82.2 Å². The maximum atomic E-state index is 9.93. The third-order valence-electron chi connectivity index (χ3n) is 7.43. The van der Waals surface area contributed by atoms with E-state index >= 15 is 0 Å². The summed E-state index contributed by atoms with van der Waals surface area (Å²) in [5, 5.41) is 17.8. The standard InChI is InChI=1S/C31H30ClN7OS2/c1-37-8-10-39(11-9-37)18-23-12-20(19-41-23)24-14-27-25(15-28(24)40-3)30(21(16-33)17-35-27)36-22-4-5-29(26(32)13-22)42-31-34-6-7-38(31)2/h4-7,12-15,17,19H,8-11,18H2,1-3H3,(H,35,36). The van der Waals surface area contributed by atoms with Gasteiger partial charge in [0.05, 0.1) is 28.9 Å². The molecule has 4 heterocycles. The summed E-state index contributed by atoms with van der Waals surface area (Å²) in [6, 6.07) is 14.3. The highest BCUT2D eigenvalue weighted by atomic mass is 35.5. The Morgan fingerprint density at radius 3 is 2.67 bits per heavy atom. The van der Waals surface area contributed by atoms with Crippen molar-refractivity contribution in [2.24, 2.45) is 7.05 Å². The highest BCUT2D eigenvalue weighted by molar-refractivity contribution is 7.99. The van der Waals surface area contributed by atoms with Gasteiger partial charge in [0.15, 0.2) is 5.16 Å². The number of nitrogens with one attached hydrogen (secondary N) is 1. The third-order valence-corrected chi connectivity index (χ3v) is 9.93. The highest BCUT2D eigenvalue weighted by Gasteiger charge is 2.18. The third kappa shape index (κ3) is 5.98. The molecule has 0 atom stereocenters. The molecule has 1 aliphatic heterocycles. The van der Waals surface area contributed by atoms with Crippen LogP contribution in [0.5, 0.6) is 5.75 Å². The smallest absolute Gasteiger partial charge is 0.172 e. The minimum absolute atomic E-state index is 0.435. The SMILES string of the molecule is COc1cc2c(Nc3ccc(Sc4nccn4C)c(Cl)c3)c(C#N)cnc2cc1-c1csc(CN2CCN(C)CC2)c1. The van der Waals surface area contributed by atoms with E-state index in [4.69, 9.17) is 16.3 Å². The summed E-state index contributed by atoms with van der Waals surface area (Å²) in [7, 11) is 5.80. The minimum atomic E-state index is 0.435. The van der Waals surface area contributed by atoms with Crippen molar-refractivity contribution >= 4 is 57.0 Å². The zero-order valence-corrected chi connectivity index (χ0v) is 26.0. The molecule has 42 heavy (non-hydrogen) atoms. The lowest BCUT2D eigenvalue weighted by molar-refractivity contribution is 0.149. The fraction of sp³-hybridized carbons (Fsp3) is 0.258. The summed E-state index contributed by atoms with van der Waals surface area (Å²) >= 11 is 9.93. The molecule has 1 N–H and O–H groups in total. The van der Waals surface area contributed by atoms with E-state index in [1.807, 2.05) is 48.1 Å². The maximum absolute atomic E-state index is 9.93. The predicted molar refractivity (Wildman–Crippen MR) is 171 cm³/mol. The van der Waals surface area contributed by atoms with Gasteiger partial charge in [-0.15, -0.1) is 11.3 Å². The Bertz CT molecular complexity index is 1790. The number of halogens is 1. The number of thiophene rings is 1. The summed E-state index contributed by atoms with van der Waals surface area (Å²) in [4.78, 5) is 16.1. The van der Waals surface area contributed by atoms with Gasteiger partial charge in [0, 0.05) is 84.8 Å². The quantitative estimate of drug-likeness (QED) is 0.202. The molecule has 2 aromatic carbocycles. The van der Waals surface area contributed by atoms with Crippen LogP contribution in [0, 0.1) is 11.3 Å². The summed E-state index contributed by atoms with van der Waals surface area (Å²) in [5.74, 6) is 0.728. The molecule has 0 spiro atoms. The van der Waals surface area contributed by atoms with E-state index in [0.717, 1.165) is 76.2 Å². The Hall–Kier alpha value is -3.59. The number of anilines is 2. The van der Waals surface area contributed by atoms with Gasteiger partial charge in [-0.3, -0.25) is 9.88 Å². The van der Waals surface area contributed by atoms with E-state index in [1.54, 1.807) is 30.8 Å². The number of fused-ring (bicyclic) bond motifs is 1. The lowest BCUT2D eigenvalue weighted by Crippen LogP contribution is -2.43. The first-order valence-electron chi connectivity index (χ1n) is 13.5. The van der Waals surface area contributed by atoms with Crippen LogP contribution in [0.25, 0.3) is 22.0 Å². The first kappa shape index (κ1) is 28.5. The Kier molecular flexibility index (Phi) is 8.38. The van der Waals surface area contributed by atoms with Crippen molar-refractivity contribution < 1.29 is 4.74 Å². The normalized spacial score (nSPS) is 14.3. The van der Waals surface area contributed by atoms with Gasteiger partial charge in [-0.1, -0.05) is 23.4 Å². The number of pyridine rings is 1. The fourth-order valence-corrected chi connectivity index (χ4v) is 7.05. The molecule has 1 aliphatic rings. The Balaban J connectivity index is 1.30. The maximum Gasteiger partial charge on any atom is 0.172 e. The summed E-state index contributed by atoms with van der Waals surface area (Å²) < 4.78 is 7.82. The van der Waals surface area contributed by atoms with Crippen molar-refractivity contribution in [2.75, 3.05) is 45.7 Å². The van der Waals surface area contributed by atoms with Gasteiger partial charge in [-0.2, -0.15) is 5.26 Å². The highest BCUT2D eigenvalue weighted by Crippen LogP contribution is 2.40. The summed E-state index contributed by atoms with van der Waals surface area (Å²) in [6.45, 7) is 5.32. The van der Waals surface area contributed by atoms with Crippen LogP contribution >= 0.6 is 34.7 Å². The average Bonchev–Trinajstić information content (AvgIpc) is 3.63. The minimum Gasteiger partial charge on any atom is -0.496 e. The van der Waals surface area contributed by atoms with Crippen LogP contribution in [0.15, 0.2) is 70.4 Å². The van der Waals surface area contributed by atoms with Gasteiger partial charge in [0.1, 0.15) is 11.8 Å². The molecule has 214 valence electrons. The van der Waals surface area contributed by atoms with E-state index < -0.39 is 0 Å². The van der Waals surface area contributed by atoms with Crippen molar-refractivity contribution in [3.63, 3.8) is 0 Å². The van der Waals surface area contributed by atoms with Crippen molar-refractivity contribution in [2.45, 2.75) is 16.6 Å². The largest absolute Gasteiger partial charge is 0.496 e. The first-order chi connectivity index (χ1) is 20.4. The number of hydrogen-bond acceptors (Lipinski definition) is 9. The lowest BCUT2D eigenvalue weighted by atomic mass is 10.0. The zero-order chi connectivity index (χ0) is 29.2. The molecule has 0 unspecified atom stereocenters. The van der Waals surface area contributed by atoms with Crippen molar-refractivity contribution in [1.82, 2.24) is 24.3 Å². The number of aryl methyl sites for hydroxylation is 1. The molecule has 0 bridgehead atoms. The lowest BCUT2D eigenvalue weighted by Gasteiger charge is -2.31. The number of imidazole rings is 1. The van der Waals surface area contributed by atoms with E-state index in [0.29, 0.717) is 16.3 Å². The molecule has 5 aromatic rings. The summed E-state index contributed by atoms with van der Waals surface area (Å²) in [6.07, 6.45) is 5.27. The summed E-state index contributed by atoms with van der Waals surface area (Å²) in [5.41, 5.74) is 4.72. The molecule has 0 radical (unpaired) electrons. The molecule has 11 heteroatoms. The van der Waals surface area contributed by atoms with E-state index in [2.05, 4.69) is 49.6 Å². The van der Waals surface area contributed by atoms with Gasteiger partial charge in [-0.25, -0.2) is 4.98 Å². The molecule has 1 fully saturated rings. The Morgan fingerprint density at radius 2 is 1.95 bits per heavy atom. The van der Waals surface area contributed by atoms with Gasteiger partial charge in [0.2, 0.25) is 0 Å². The van der Waals surface area contributed by atoms with Crippen LogP contribution in [0.4, 0.5) is 11.4 Å². The first-order valence-corrected chi connectivity index (χ1v) is 15.6. The van der Waals surface area contributed by atoms with Gasteiger partial charge < -0.3 is 19.5 Å². The van der Waals surface area contributed by atoms with Gasteiger partial charge in [0.25, 0.3) is 0 Å². The predicted octanol–water partition coefficient (Wildman–Crippen LogP) is 6.87. The zero-order valence-electron chi connectivity index (χ0n) is 23.6. The number of hydrogen-bond donors (Lipinski definition) is 1. The number of nitriles is 1. The fourth-order valence-electron chi connectivity index (χ4n) is 5.02. The number of methoxy groups -OCH3 is 1. The number of rotatable bonds is 8. The number of likely N-dealkylation sites (N-methyl/N-ethyl adjacent to an activating group) is 1. The number of piperazine rings is 1. The number of nitrogens with zero attached hydrogens (tertiary/aromatic N) is 6. The van der Waals surface area contributed by atoms with Crippen LogP contribution in [0.2, 0.25) is 5.02 Å². The Labute approximate surface area is 258 Å². The number of ether oxygens (including phenoxy) is 1. The van der Waals surface area contributed by atoms with Crippen molar-refractivity contribution in [1.29, 1.82) is 5.26 Å². The molecule has 6 rings (SSSR count). The second-order valence-electron chi connectivity index (χ2n) is 10.3. The molecule has 0 saturated carbocycles. The van der Waals surface area contributed by atoms with Crippen LogP contribution in [0.3, 0.4) is 0 Å². The van der Waals surface area contributed by atoms with Crippen LogP contribution in [0.1, 0.15) is 10.4 Å². The van der Waals surface area contributed by atoms with Crippen LogP contribution < -0.4 is 10.1 Å². The molecular formula is C31H30ClN7OS2. The molecule has 1 saturated heterocycles. The van der Waals surface area contributed by atoms with Crippen LogP contribution in [-0.4, -0.2) is 64.7 Å². The molecule has 0 amide bonds. The van der Waals surface area contributed by atoms with Gasteiger partial charge in [-0.05, 0) is 54.4 Å². The van der Waals surface area contributed by atoms with Crippen molar-refractivity contribution in [3.8, 4) is 22.9 Å². The average molecular weight is 616 g/mol. The second kappa shape index (κ2) is 12.3. The van der Waals surface area contributed by atoms with Crippen molar-refractivity contribution in [3.05, 3.63) is 75.8 Å². The molecule has 3 aromatic heterocycles. The van der Waals surface area contributed by atoms with E-state index in [9.17, 15) is 5.26 Å². The van der Waals surface area contributed by atoms with Gasteiger partial charge >= 0.3 is 0 Å². The molecular weight excluding hydrogens is 586 g/mol. The van der Waals surface area contributed by atoms with E-state index in [-0.39, 0.29) is 0 Å². The molecule has 0 aliphatic carbocycles. The number of aromatic nitrogens is 3. The van der Waals surface area contributed by atoms with E-state index in [1.165, 1.54) is 16.6 Å². The Morgan fingerprint density at radius 1 is 1.12 bits per heavy atom.